The topological polar surface area (TPSA) is 107 Å². The van der Waals surface area contributed by atoms with Gasteiger partial charge in [0, 0.05) is 10.9 Å². The van der Waals surface area contributed by atoms with Gasteiger partial charge in [-0.05, 0) is 85.1 Å². The van der Waals surface area contributed by atoms with E-state index in [-0.39, 0.29) is 12.2 Å². The molecular formula is C31H24F3N3O4. The summed E-state index contributed by atoms with van der Waals surface area (Å²) in [4.78, 5) is 39.4. The fraction of sp³-hybridized carbons (Fsp3) is 0.129. The number of ether oxygens (including phenoxy) is 1. The lowest BCUT2D eigenvalue weighted by Gasteiger charge is -2.20. The van der Waals surface area contributed by atoms with Crippen molar-refractivity contribution in [1.82, 2.24) is 9.55 Å². The van der Waals surface area contributed by atoms with E-state index >= 15 is 0 Å². The van der Waals surface area contributed by atoms with E-state index in [0.717, 1.165) is 32.7 Å². The van der Waals surface area contributed by atoms with Crippen LogP contribution in [0.2, 0.25) is 0 Å². The highest BCUT2D eigenvalue weighted by Gasteiger charge is 2.38. The predicted octanol–water partition coefficient (Wildman–Crippen LogP) is 6.38. The molecule has 3 aromatic carbocycles. The van der Waals surface area contributed by atoms with Gasteiger partial charge in [-0.15, -0.1) is 0 Å². The average molecular weight is 560 g/mol. The zero-order chi connectivity index (χ0) is 29.5. The van der Waals surface area contributed by atoms with E-state index in [1.807, 2.05) is 26.0 Å². The molecule has 0 radical (unpaired) electrons. The van der Waals surface area contributed by atoms with Crippen molar-refractivity contribution in [3.8, 4) is 22.8 Å². The summed E-state index contributed by atoms with van der Waals surface area (Å²) in [5.41, 5.74) is 5.62. The van der Waals surface area contributed by atoms with Crippen LogP contribution in [0.1, 0.15) is 43.1 Å². The molecule has 3 N–H and O–H groups in total. The first kappa shape index (κ1) is 27.4. The van der Waals surface area contributed by atoms with Gasteiger partial charge in [-0.25, -0.2) is 0 Å². The van der Waals surface area contributed by atoms with E-state index in [1.54, 1.807) is 42.5 Å². The van der Waals surface area contributed by atoms with Crippen LogP contribution in [0, 0.1) is 13.8 Å². The van der Waals surface area contributed by atoms with Gasteiger partial charge >= 0.3 is 6.18 Å². The number of nitrogens with two attached hydrogens (primary N) is 1. The van der Waals surface area contributed by atoms with Crippen molar-refractivity contribution in [1.29, 1.82) is 0 Å². The van der Waals surface area contributed by atoms with Crippen LogP contribution in [0.5, 0.6) is 11.5 Å². The number of primary amides is 1. The molecule has 2 heterocycles. The van der Waals surface area contributed by atoms with Gasteiger partial charge in [-0.3, -0.25) is 14.4 Å². The Morgan fingerprint density at radius 3 is 2.32 bits per heavy atom. The maximum absolute atomic E-state index is 14.0. The number of fused-ring (bicyclic) bond motifs is 1. The van der Waals surface area contributed by atoms with E-state index in [0.29, 0.717) is 34.6 Å². The molecule has 5 aromatic rings. The molecule has 0 aliphatic carbocycles. The molecule has 0 atom stereocenters. The van der Waals surface area contributed by atoms with Gasteiger partial charge < -0.3 is 20.0 Å². The lowest BCUT2D eigenvalue weighted by Crippen LogP contribution is -2.34. The molecule has 1 amide bonds. The molecule has 41 heavy (non-hydrogen) atoms. The molecule has 10 heteroatoms. The number of amides is 1. The molecule has 208 valence electrons. The lowest BCUT2D eigenvalue weighted by molar-refractivity contribution is -0.138. The zero-order valence-electron chi connectivity index (χ0n) is 22.0. The highest BCUT2D eigenvalue weighted by molar-refractivity contribution is 5.94. The van der Waals surface area contributed by atoms with Gasteiger partial charge in [-0.2, -0.15) is 13.2 Å². The number of carbonyl (C=O) groups is 2. The third-order valence-corrected chi connectivity index (χ3v) is 6.80. The number of halogens is 3. The Morgan fingerprint density at radius 2 is 1.68 bits per heavy atom. The van der Waals surface area contributed by atoms with Crippen LogP contribution in [-0.2, 0) is 12.7 Å². The van der Waals surface area contributed by atoms with E-state index in [9.17, 15) is 27.6 Å². The summed E-state index contributed by atoms with van der Waals surface area (Å²) in [6.45, 7) is 3.67. The van der Waals surface area contributed by atoms with Crippen molar-refractivity contribution in [2.75, 3.05) is 0 Å². The lowest BCUT2D eigenvalue weighted by atomic mass is 10.0. The zero-order valence-corrected chi connectivity index (χ0v) is 22.0. The van der Waals surface area contributed by atoms with Crippen LogP contribution >= 0.6 is 0 Å². The molecule has 0 unspecified atom stereocenters. The summed E-state index contributed by atoms with van der Waals surface area (Å²) in [6.07, 6.45) is -4.28. The molecule has 0 spiro atoms. The molecule has 2 aromatic heterocycles. The third kappa shape index (κ3) is 5.49. The number of aryl methyl sites for hydroxylation is 2. The second-order valence-corrected chi connectivity index (χ2v) is 9.72. The van der Waals surface area contributed by atoms with Crippen molar-refractivity contribution in [3.63, 3.8) is 0 Å². The standard InChI is InChI=1S/C31H24F3N3O4/c1-17-3-4-20(18(2)11-17)15-37-27(14-25(31(32,33)34)28(29(35)39)30(37)40)19-5-7-23(8-6-19)41-24-9-10-26-21(13-24)12-22(16-38)36-26/h3-14,16,36H,15H2,1-2H3,(H2,35,39). The van der Waals surface area contributed by atoms with E-state index in [1.165, 1.54) is 12.1 Å². The highest BCUT2D eigenvalue weighted by atomic mass is 19.4. The number of nitrogens with one attached hydrogen (secondary N) is 1. The van der Waals surface area contributed by atoms with Crippen LogP contribution < -0.4 is 16.0 Å². The molecular weight excluding hydrogens is 535 g/mol. The van der Waals surface area contributed by atoms with E-state index in [2.05, 4.69) is 4.98 Å². The minimum absolute atomic E-state index is 0.0333. The normalized spacial score (nSPS) is 11.5. The number of carbonyl (C=O) groups excluding carboxylic acids is 2. The molecule has 7 nitrogen and oxygen atoms in total. The summed E-state index contributed by atoms with van der Waals surface area (Å²) < 4.78 is 49.0. The molecule has 5 rings (SSSR count). The summed E-state index contributed by atoms with van der Waals surface area (Å²) in [7, 11) is 0. The van der Waals surface area contributed by atoms with E-state index in [4.69, 9.17) is 10.5 Å². The van der Waals surface area contributed by atoms with Gasteiger partial charge in [0.15, 0.2) is 6.29 Å². The Morgan fingerprint density at radius 1 is 0.976 bits per heavy atom. The number of H-pyrrole nitrogens is 1. The largest absolute Gasteiger partial charge is 0.457 e. The monoisotopic (exact) mass is 559 g/mol. The summed E-state index contributed by atoms with van der Waals surface area (Å²) in [5.74, 6) is -0.572. The quantitative estimate of drug-likeness (QED) is 0.226. The van der Waals surface area contributed by atoms with Gasteiger partial charge in [0.25, 0.3) is 11.5 Å². The van der Waals surface area contributed by atoms with Crippen LogP contribution in [0.4, 0.5) is 13.2 Å². The minimum Gasteiger partial charge on any atom is -0.457 e. The molecule has 0 bridgehead atoms. The molecule has 0 aliphatic heterocycles. The Hall–Kier alpha value is -5.12. The molecule has 0 fully saturated rings. The highest BCUT2D eigenvalue weighted by Crippen LogP contribution is 2.35. The van der Waals surface area contributed by atoms with Crippen LogP contribution in [0.25, 0.3) is 22.2 Å². The van der Waals surface area contributed by atoms with Crippen molar-refractivity contribution < 1.29 is 27.5 Å². The fourth-order valence-electron chi connectivity index (χ4n) is 4.79. The van der Waals surface area contributed by atoms with E-state index < -0.39 is 28.8 Å². The minimum atomic E-state index is -4.99. The van der Waals surface area contributed by atoms with Gasteiger partial charge in [-0.1, -0.05) is 23.8 Å². The third-order valence-electron chi connectivity index (χ3n) is 6.80. The maximum Gasteiger partial charge on any atom is 0.417 e. The second-order valence-electron chi connectivity index (χ2n) is 9.72. The molecule has 0 saturated carbocycles. The Kier molecular flexibility index (Phi) is 7.00. The molecule has 0 aliphatic rings. The predicted molar refractivity (Wildman–Crippen MR) is 148 cm³/mol. The maximum atomic E-state index is 14.0. The number of aromatic amines is 1. The SMILES string of the molecule is Cc1ccc(Cn2c(-c3ccc(Oc4ccc5[nH]c(C=O)cc5c4)cc3)cc(C(F)(F)F)c(C(N)=O)c2=O)c(C)c1. The Bertz CT molecular complexity index is 1870. The van der Waals surface area contributed by atoms with Gasteiger partial charge in [0.2, 0.25) is 0 Å². The van der Waals surface area contributed by atoms with Crippen LogP contribution in [0.15, 0.2) is 77.6 Å². The number of aldehydes is 1. The number of benzene rings is 3. The fourth-order valence-corrected chi connectivity index (χ4v) is 4.79. The number of aromatic nitrogens is 2. The van der Waals surface area contributed by atoms with Crippen molar-refractivity contribution in [2.24, 2.45) is 5.73 Å². The Labute approximate surface area is 232 Å². The second kappa shape index (κ2) is 10.5. The first-order valence-corrected chi connectivity index (χ1v) is 12.5. The van der Waals surface area contributed by atoms with Crippen molar-refractivity contribution in [2.45, 2.75) is 26.6 Å². The Balaban J connectivity index is 1.58. The summed E-state index contributed by atoms with van der Waals surface area (Å²) in [5, 5.41) is 0.769. The summed E-state index contributed by atoms with van der Waals surface area (Å²) >= 11 is 0. The van der Waals surface area contributed by atoms with Gasteiger partial charge in [0.1, 0.15) is 17.1 Å². The number of rotatable bonds is 7. The summed E-state index contributed by atoms with van der Waals surface area (Å²) in [6, 6.07) is 19.4. The number of nitrogens with zero attached hydrogens (tertiary/aromatic N) is 1. The number of hydrogen-bond acceptors (Lipinski definition) is 4. The first-order chi connectivity index (χ1) is 19.4. The van der Waals surface area contributed by atoms with Gasteiger partial charge in [0.05, 0.1) is 23.5 Å². The molecule has 0 saturated heterocycles. The number of hydrogen-bond donors (Lipinski definition) is 2. The number of pyridine rings is 1. The number of alkyl halides is 3. The van der Waals surface area contributed by atoms with Crippen LogP contribution in [0.3, 0.4) is 0 Å². The van der Waals surface area contributed by atoms with Crippen LogP contribution in [-0.4, -0.2) is 21.7 Å². The smallest absolute Gasteiger partial charge is 0.417 e. The first-order valence-electron chi connectivity index (χ1n) is 12.5. The average Bonchev–Trinajstić information content (AvgIpc) is 3.33. The van der Waals surface area contributed by atoms with Crippen molar-refractivity contribution >= 4 is 23.1 Å². The van der Waals surface area contributed by atoms with Crippen molar-refractivity contribution in [3.05, 3.63) is 117 Å².